The van der Waals surface area contributed by atoms with E-state index in [0.717, 1.165) is 10.6 Å². The Bertz CT molecular complexity index is 534. The quantitative estimate of drug-likeness (QED) is 0.820. The normalized spacial score (nSPS) is 13.7. The van der Waals surface area contributed by atoms with Crippen LogP contribution in [-0.4, -0.2) is 56.9 Å². The molecule has 0 radical (unpaired) electrons. The molecule has 1 aliphatic rings. The molecule has 1 fully saturated rings. The van der Waals surface area contributed by atoms with E-state index in [9.17, 15) is 9.59 Å². The van der Waals surface area contributed by atoms with Gasteiger partial charge in [-0.05, 0) is 24.6 Å². The molecule has 1 aliphatic heterocycles. The molecule has 8 heteroatoms. The number of hydrogen-bond acceptors (Lipinski definition) is 4. The van der Waals surface area contributed by atoms with Crippen LogP contribution in [0.2, 0.25) is 10.0 Å². The largest absolute Gasteiger partial charge is 0.468 e. The average Bonchev–Trinajstić information content (AvgIpc) is 2.57. The van der Waals surface area contributed by atoms with Crippen LogP contribution in [0.3, 0.4) is 0 Å². The lowest BCUT2D eigenvalue weighted by Gasteiger charge is -2.26. The number of halogens is 2. The second kappa shape index (κ2) is 10.3. The van der Waals surface area contributed by atoms with Crippen molar-refractivity contribution < 1.29 is 19.1 Å². The molecule has 0 spiro atoms. The summed E-state index contributed by atoms with van der Waals surface area (Å²) in [7, 11) is 1.28. The molecule has 1 aromatic rings. The summed E-state index contributed by atoms with van der Waals surface area (Å²) in [5, 5.41) is 3.87. The number of nitrogens with zero attached hydrogens (tertiary/aromatic N) is 1. The number of esters is 1. The number of rotatable bonds is 2. The molecule has 128 valence electrons. The molecule has 0 saturated carbocycles. The summed E-state index contributed by atoms with van der Waals surface area (Å²) in [5.74, 6) is -0.452. The van der Waals surface area contributed by atoms with Crippen molar-refractivity contribution in [2.24, 2.45) is 0 Å². The van der Waals surface area contributed by atoms with Crippen molar-refractivity contribution in [3.05, 3.63) is 33.8 Å². The number of carbonyl (C=O) groups excluding carboxylic acids is 2. The van der Waals surface area contributed by atoms with Crippen molar-refractivity contribution in [2.75, 3.05) is 40.0 Å². The van der Waals surface area contributed by atoms with E-state index in [0.29, 0.717) is 31.3 Å². The third kappa shape index (κ3) is 7.54. The third-order valence-electron chi connectivity index (χ3n) is 3.04. The fourth-order valence-electron chi connectivity index (χ4n) is 1.67. The number of morpholine rings is 1. The van der Waals surface area contributed by atoms with Crippen LogP contribution in [0.1, 0.15) is 5.56 Å². The Balaban J connectivity index is 0.000000253. The van der Waals surface area contributed by atoms with Gasteiger partial charge in [0.1, 0.15) is 6.54 Å². The Labute approximate surface area is 145 Å². The van der Waals surface area contributed by atoms with Crippen LogP contribution < -0.4 is 5.32 Å². The van der Waals surface area contributed by atoms with Gasteiger partial charge in [-0.15, -0.1) is 0 Å². The molecular formula is C15H20Cl2N2O4. The predicted molar refractivity (Wildman–Crippen MR) is 89.0 cm³/mol. The standard InChI is InChI=1S/C8H14N2O4.C7H6Cl2/c1-13-7(11)6-9-8(12)10-2-4-14-5-3-10;1-5-2-3-6(8)4-7(5)9/h2-6H2,1H3,(H,9,12);2-4H,1H3. The number of carbonyl (C=O) groups is 2. The predicted octanol–water partition coefficient (Wildman–Crippen LogP) is 2.50. The Kier molecular flexibility index (Phi) is 8.76. The molecule has 1 N–H and O–H groups in total. The van der Waals surface area contributed by atoms with E-state index >= 15 is 0 Å². The number of nitrogens with one attached hydrogen (secondary N) is 1. The first-order valence-corrected chi connectivity index (χ1v) is 7.78. The minimum atomic E-state index is -0.452. The Hall–Kier alpha value is -1.50. The Morgan fingerprint density at radius 3 is 2.48 bits per heavy atom. The van der Waals surface area contributed by atoms with E-state index < -0.39 is 5.97 Å². The van der Waals surface area contributed by atoms with E-state index in [4.69, 9.17) is 27.9 Å². The lowest BCUT2D eigenvalue weighted by molar-refractivity contribution is -0.139. The average molecular weight is 363 g/mol. The van der Waals surface area contributed by atoms with Crippen LogP contribution in [-0.2, 0) is 14.3 Å². The summed E-state index contributed by atoms with van der Waals surface area (Å²) < 4.78 is 9.47. The van der Waals surface area contributed by atoms with Crippen LogP contribution in [0, 0.1) is 6.92 Å². The van der Waals surface area contributed by atoms with Crippen LogP contribution in [0.4, 0.5) is 4.79 Å². The number of ether oxygens (including phenoxy) is 2. The van der Waals surface area contributed by atoms with Gasteiger partial charge in [-0.3, -0.25) is 4.79 Å². The molecule has 0 aromatic heterocycles. The van der Waals surface area contributed by atoms with Crippen molar-refractivity contribution in [2.45, 2.75) is 6.92 Å². The van der Waals surface area contributed by atoms with Gasteiger partial charge in [0.2, 0.25) is 0 Å². The summed E-state index contributed by atoms with van der Waals surface area (Å²) in [4.78, 5) is 23.7. The van der Waals surface area contributed by atoms with E-state index in [1.165, 1.54) is 7.11 Å². The fourth-order valence-corrected chi connectivity index (χ4v) is 2.07. The van der Waals surface area contributed by atoms with Gasteiger partial charge in [-0.2, -0.15) is 0 Å². The number of hydrogen-bond donors (Lipinski definition) is 1. The molecule has 0 unspecified atom stereocenters. The first-order valence-electron chi connectivity index (χ1n) is 7.03. The van der Waals surface area contributed by atoms with Crippen LogP contribution in [0.5, 0.6) is 0 Å². The second-order valence-corrected chi connectivity index (χ2v) is 5.57. The summed E-state index contributed by atoms with van der Waals surface area (Å²) in [6, 6.07) is 5.20. The number of benzene rings is 1. The maximum absolute atomic E-state index is 11.4. The molecule has 2 rings (SSSR count). The zero-order valence-corrected chi connectivity index (χ0v) is 14.6. The van der Waals surface area contributed by atoms with Gasteiger partial charge in [-0.25, -0.2) is 4.79 Å². The van der Waals surface area contributed by atoms with Crippen molar-refractivity contribution >= 4 is 35.2 Å². The summed E-state index contributed by atoms with van der Waals surface area (Å²) in [5.41, 5.74) is 1.06. The lowest BCUT2D eigenvalue weighted by atomic mass is 10.2. The van der Waals surface area contributed by atoms with E-state index in [2.05, 4.69) is 10.1 Å². The molecule has 1 aromatic carbocycles. The van der Waals surface area contributed by atoms with Gasteiger partial charge in [0.15, 0.2) is 0 Å². The van der Waals surface area contributed by atoms with Gasteiger partial charge in [0, 0.05) is 23.1 Å². The molecule has 0 atom stereocenters. The maximum atomic E-state index is 11.4. The fraction of sp³-hybridized carbons (Fsp3) is 0.467. The second-order valence-electron chi connectivity index (χ2n) is 4.73. The third-order valence-corrected chi connectivity index (χ3v) is 3.69. The van der Waals surface area contributed by atoms with Gasteiger partial charge < -0.3 is 19.7 Å². The van der Waals surface area contributed by atoms with Crippen LogP contribution >= 0.6 is 23.2 Å². The number of aryl methyl sites for hydroxylation is 1. The highest BCUT2D eigenvalue weighted by Gasteiger charge is 2.16. The number of amides is 2. The highest BCUT2D eigenvalue weighted by Crippen LogP contribution is 2.19. The lowest BCUT2D eigenvalue weighted by Crippen LogP contribution is -2.47. The van der Waals surface area contributed by atoms with Crippen molar-refractivity contribution in [3.63, 3.8) is 0 Å². The molecule has 0 bridgehead atoms. The number of urea groups is 1. The molecule has 6 nitrogen and oxygen atoms in total. The molecule has 2 amide bonds. The maximum Gasteiger partial charge on any atom is 0.325 e. The van der Waals surface area contributed by atoms with Gasteiger partial charge in [-0.1, -0.05) is 29.3 Å². The Morgan fingerprint density at radius 1 is 1.30 bits per heavy atom. The molecular weight excluding hydrogens is 343 g/mol. The van der Waals surface area contributed by atoms with Gasteiger partial charge >= 0.3 is 12.0 Å². The summed E-state index contributed by atoms with van der Waals surface area (Å²) >= 11 is 11.4. The van der Waals surface area contributed by atoms with Crippen LogP contribution in [0.25, 0.3) is 0 Å². The van der Waals surface area contributed by atoms with E-state index in [1.807, 2.05) is 19.1 Å². The Morgan fingerprint density at radius 2 is 1.96 bits per heavy atom. The molecule has 1 saturated heterocycles. The first-order chi connectivity index (χ1) is 10.9. The summed E-state index contributed by atoms with van der Waals surface area (Å²) in [6.45, 7) is 4.07. The highest BCUT2D eigenvalue weighted by atomic mass is 35.5. The SMILES string of the molecule is COC(=O)CNC(=O)N1CCOCC1.Cc1ccc(Cl)cc1Cl. The zero-order chi connectivity index (χ0) is 17.2. The van der Waals surface area contributed by atoms with Crippen molar-refractivity contribution in [3.8, 4) is 0 Å². The van der Waals surface area contributed by atoms with E-state index in [-0.39, 0.29) is 12.6 Å². The number of methoxy groups -OCH3 is 1. The van der Waals surface area contributed by atoms with Gasteiger partial charge in [0.25, 0.3) is 0 Å². The zero-order valence-electron chi connectivity index (χ0n) is 13.1. The first kappa shape index (κ1) is 19.5. The minimum absolute atomic E-state index is 0.0906. The van der Waals surface area contributed by atoms with Gasteiger partial charge in [0.05, 0.1) is 20.3 Å². The monoisotopic (exact) mass is 362 g/mol. The van der Waals surface area contributed by atoms with Crippen molar-refractivity contribution in [1.29, 1.82) is 0 Å². The molecule has 0 aliphatic carbocycles. The minimum Gasteiger partial charge on any atom is -0.468 e. The summed E-state index contributed by atoms with van der Waals surface area (Å²) in [6.07, 6.45) is 0. The molecule has 23 heavy (non-hydrogen) atoms. The van der Waals surface area contributed by atoms with E-state index in [1.54, 1.807) is 11.0 Å². The highest BCUT2D eigenvalue weighted by molar-refractivity contribution is 6.35. The molecule has 1 heterocycles. The van der Waals surface area contributed by atoms with Crippen molar-refractivity contribution in [1.82, 2.24) is 10.2 Å². The topological polar surface area (TPSA) is 67.9 Å². The smallest absolute Gasteiger partial charge is 0.325 e. The van der Waals surface area contributed by atoms with Crippen LogP contribution in [0.15, 0.2) is 18.2 Å².